The zero-order valence-corrected chi connectivity index (χ0v) is 18.8. The van der Waals surface area contributed by atoms with Gasteiger partial charge in [0.05, 0.1) is 11.4 Å². The zero-order chi connectivity index (χ0) is 24.1. The smallest absolute Gasteiger partial charge is 0.349 e. The number of ether oxygens (including phenoxy) is 1. The van der Waals surface area contributed by atoms with Crippen molar-refractivity contribution in [2.45, 2.75) is 13.8 Å². The van der Waals surface area contributed by atoms with Crippen LogP contribution < -0.4 is 5.32 Å². The van der Waals surface area contributed by atoms with E-state index in [1.54, 1.807) is 17.7 Å². The van der Waals surface area contributed by atoms with Gasteiger partial charge in [-0.3, -0.25) is 4.79 Å². The van der Waals surface area contributed by atoms with Gasteiger partial charge in [0.15, 0.2) is 6.61 Å². The predicted molar refractivity (Wildman–Crippen MR) is 130 cm³/mol. The maximum atomic E-state index is 12.5. The number of carbonyl (C=O) groups excluding carboxylic acids is 2. The summed E-state index contributed by atoms with van der Waals surface area (Å²) < 4.78 is 6.84. The summed E-state index contributed by atoms with van der Waals surface area (Å²) in [6.07, 6.45) is 1.45. The highest BCUT2D eigenvalue weighted by Gasteiger charge is 2.17. The largest absolute Gasteiger partial charge is 0.451 e. The Hall–Kier alpha value is -4.70. The first-order valence-electron chi connectivity index (χ1n) is 10.7. The molecule has 4 aromatic rings. The SMILES string of the molecule is Cc1nn(-c2ccccc2)c(C)c1C=C(C#N)C(=O)OCC(=O)Nc1ccc2ccccc2c1. The van der Waals surface area contributed by atoms with Crippen molar-refractivity contribution < 1.29 is 14.3 Å². The normalized spacial score (nSPS) is 11.1. The van der Waals surface area contributed by atoms with Crippen LogP contribution in [0.2, 0.25) is 0 Å². The van der Waals surface area contributed by atoms with Crippen LogP contribution in [0.4, 0.5) is 5.69 Å². The number of benzene rings is 3. The fourth-order valence-electron chi connectivity index (χ4n) is 3.64. The molecule has 1 heterocycles. The number of hydrogen-bond acceptors (Lipinski definition) is 5. The molecule has 34 heavy (non-hydrogen) atoms. The first-order chi connectivity index (χ1) is 16.5. The van der Waals surface area contributed by atoms with Crippen molar-refractivity contribution in [1.29, 1.82) is 5.26 Å². The number of nitrogens with zero attached hydrogens (tertiary/aromatic N) is 3. The van der Waals surface area contributed by atoms with Gasteiger partial charge in [0.2, 0.25) is 0 Å². The zero-order valence-electron chi connectivity index (χ0n) is 18.8. The molecule has 0 saturated heterocycles. The molecule has 168 valence electrons. The van der Waals surface area contributed by atoms with Crippen LogP contribution in [0.1, 0.15) is 17.0 Å². The summed E-state index contributed by atoms with van der Waals surface area (Å²) in [4.78, 5) is 24.8. The maximum Gasteiger partial charge on any atom is 0.349 e. The molecular weight excluding hydrogens is 428 g/mol. The number of hydrogen-bond donors (Lipinski definition) is 1. The molecule has 0 aliphatic carbocycles. The van der Waals surface area contributed by atoms with E-state index in [0.29, 0.717) is 16.9 Å². The fourth-order valence-corrected chi connectivity index (χ4v) is 3.64. The van der Waals surface area contributed by atoms with Crippen molar-refractivity contribution in [1.82, 2.24) is 9.78 Å². The lowest BCUT2D eigenvalue weighted by Crippen LogP contribution is -2.21. The quantitative estimate of drug-likeness (QED) is 0.260. The monoisotopic (exact) mass is 450 g/mol. The highest BCUT2D eigenvalue weighted by Crippen LogP contribution is 2.21. The second-order valence-electron chi connectivity index (χ2n) is 7.69. The van der Waals surface area contributed by atoms with E-state index >= 15 is 0 Å². The summed E-state index contributed by atoms with van der Waals surface area (Å²) in [7, 11) is 0. The number of nitriles is 1. The second-order valence-corrected chi connectivity index (χ2v) is 7.69. The van der Waals surface area contributed by atoms with E-state index in [0.717, 1.165) is 22.2 Å². The van der Waals surface area contributed by atoms with Crippen LogP contribution in [0.15, 0.2) is 78.4 Å². The average Bonchev–Trinajstić information content (AvgIpc) is 3.14. The van der Waals surface area contributed by atoms with Crippen LogP contribution in [-0.4, -0.2) is 28.3 Å². The first kappa shape index (κ1) is 22.5. The molecule has 0 saturated carbocycles. The summed E-state index contributed by atoms with van der Waals surface area (Å²) in [6.45, 7) is 3.15. The first-order valence-corrected chi connectivity index (χ1v) is 10.7. The Morgan fingerprint density at radius 3 is 2.47 bits per heavy atom. The molecule has 0 bridgehead atoms. The summed E-state index contributed by atoms with van der Waals surface area (Å²) in [5.74, 6) is -1.37. The van der Waals surface area contributed by atoms with E-state index in [1.807, 2.05) is 79.7 Å². The summed E-state index contributed by atoms with van der Waals surface area (Å²) in [5, 5.41) is 18.8. The molecule has 7 heteroatoms. The Kier molecular flexibility index (Phi) is 6.51. The van der Waals surface area contributed by atoms with E-state index in [-0.39, 0.29) is 5.57 Å². The molecule has 1 N–H and O–H groups in total. The van der Waals surface area contributed by atoms with Crippen molar-refractivity contribution >= 4 is 34.4 Å². The minimum absolute atomic E-state index is 0.211. The highest BCUT2D eigenvalue weighted by atomic mass is 16.5. The number of carbonyl (C=O) groups is 2. The average molecular weight is 450 g/mol. The number of anilines is 1. The number of nitrogens with one attached hydrogen (secondary N) is 1. The lowest BCUT2D eigenvalue weighted by molar-refractivity contribution is -0.142. The number of para-hydroxylation sites is 1. The number of fused-ring (bicyclic) bond motifs is 1. The lowest BCUT2D eigenvalue weighted by atomic mass is 10.1. The van der Waals surface area contributed by atoms with Gasteiger partial charge < -0.3 is 10.1 Å². The molecule has 4 rings (SSSR count). The van der Waals surface area contributed by atoms with E-state index in [9.17, 15) is 14.9 Å². The minimum atomic E-state index is -0.873. The molecule has 0 aliphatic rings. The van der Waals surface area contributed by atoms with Crippen LogP contribution >= 0.6 is 0 Å². The molecule has 1 amide bonds. The second kappa shape index (κ2) is 9.84. The van der Waals surface area contributed by atoms with Gasteiger partial charge in [0.1, 0.15) is 11.6 Å². The lowest BCUT2D eigenvalue weighted by Gasteiger charge is -2.07. The minimum Gasteiger partial charge on any atom is -0.451 e. The van der Waals surface area contributed by atoms with Crippen LogP contribution in [0.5, 0.6) is 0 Å². The van der Waals surface area contributed by atoms with Crippen molar-refractivity contribution in [3.63, 3.8) is 0 Å². The third-order valence-electron chi connectivity index (χ3n) is 5.34. The summed E-state index contributed by atoms with van der Waals surface area (Å²) in [6, 6.07) is 24.7. The van der Waals surface area contributed by atoms with Crippen LogP contribution in [0, 0.1) is 25.2 Å². The highest BCUT2D eigenvalue weighted by molar-refractivity contribution is 6.00. The standard InChI is InChI=1S/C27H22N4O3/c1-18-25(19(2)31(30-18)24-10-4-3-5-11-24)15-22(16-28)27(33)34-17-26(32)29-23-13-12-20-8-6-7-9-21(20)14-23/h3-15H,17H2,1-2H3,(H,29,32). The third kappa shape index (κ3) is 4.87. The third-order valence-corrected chi connectivity index (χ3v) is 5.34. The van der Waals surface area contributed by atoms with Gasteiger partial charge in [-0.15, -0.1) is 0 Å². The van der Waals surface area contributed by atoms with Gasteiger partial charge >= 0.3 is 5.97 Å². The molecule has 0 atom stereocenters. The van der Waals surface area contributed by atoms with Gasteiger partial charge in [-0.05, 0) is 55.0 Å². The van der Waals surface area contributed by atoms with Crippen molar-refractivity contribution in [3.05, 3.63) is 95.3 Å². The Morgan fingerprint density at radius 1 is 1.03 bits per heavy atom. The fraction of sp³-hybridized carbons (Fsp3) is 0.111. The molecule has 0 spiro atoms. The van der Waals surface area contributed by atoms with Crippen LogP contribution in [-0.2, 0) is 14.3 Å². The summed E-state index contributed by atoms with van der Waals surface area (Å²) in [5.41, 5.74) is 3.34. The Balaban J connectivity index is 1.44. The number of rotatable bonds is 6. The van der Waals surface area contributed by atoms with Gasteiger partial charge in [0, 0.05) is 16.9 Å². The Bertz CT molecular complexity index is 1450. The van der Waals surface area contributed by atoms with Gasteiger partial charge in [-0.25, -0.2) is 9.48 Å². The molecule has 3 aromatic carbocycles. The number of aromatic nitrogens is 2. The van der Waals surface area contributed by atoms with Crippen molar-refractivity contribution in [2.75, 3.05) is 11.9 Å². The molecule has 7 nitrogen and oxygen atoms in total. The number of esters is 1. The molecule has 0 unspecified atom stereocenters. The van der Waals surface area contributed by atoms with Crippen LogP contribution in [0.3, 0.4) is 0 Å². The number of aryl methyl sites for hydroxylation is 1. The summed E-state index contributed by atoms with van der Waals surface area (Å²) >= 11 is 0. The molecule has 0 fully saturated rings. The van der Waals surface area contributed by atoms with Gasteiger partial charge in [-0.1, -0.05) is 48.5 Å². The molecule has 1 aromatic heterocycles. The van der Waals surface area contributed by atoms with Crippen LogP contribution in [0.25, 0.3) is 22.5 Å². The van der Waals surface area contributed by atoms with E-state index in [1.165, 1.54) is 6.08 Å². The van der Waals surface area contributed by atoms with Crippen molar-refractivity contribution in [3.8, 4) is 11.8 Å². The van der Waals surface area contributed by atoms with E-state index in [2.05, 4.69) is 10.4 Å². The van der Waals surface area contributed by atoms with Gasteiger partial charge in [-0.2, -0.15) is 10.4 Å². The van der Waals surface area contributed by atoms with E-state index < -0.39 is 18.5 Å². The number of amides is 1. The Labute approximate surface area is 196 Å². The predicted octanol–water partition coefficient (Wildman–Crippen LogP) is 4.73. The molecule has 0 radical (unpaired) electrons. The van der Waals surface area contributed by atoms with Crippen molar-refractivity contribution in [2.24, 2.45) is 0 Å². The Morgan fingerprint density at radius 2 is 1.74 bits per heavy atom. The molecular formula is C27H22N4O3. The van der Waals surface area contributed by atoms with Gasteiger partial charge in [0.25, 0.3) is 5.91 Å². The topological polar surface area (TPSA) is 97.0 Å². The molecule has 0 aliphatic heterocycles. The van der Waals surface area contributed by atoms with E-state index in [4.69, 9.17) is 4.74 Å². The maximum absolute atomic E-state index is 12.5.